The second-order valence-corrected chi connectivity index (χ2v) is 5.17. The van der Waals surface area contributed by atoms with Gasteiger partial charge in [-0.15, -0.1) is 0 Å². The zero-order chi connectivity index (χ0) is 4.28. The summed E-state index contributed by atoms with van der Waals surface area (Å²) in [7, 11) is 0.852. The molecule has 30 valence electrons. The minimum atomic E-state index is -0.376. The fraction of sp³-hybridized carbons (Fsp3) is 1.00. The van der Waals surface area contributed by atoms with Gasteiger partial charge in [-0.2, -0.15) is 0 Å². The molecule has 3 heteroatoms. The first-order chi connectivity index (χ1) is 2.27. The maximum Gasteiger partial charge on any atom is -0.00608 e. The maximum atomic E-state index is 6.88. The number of rotatable bonds is 0. The third-order valence-corrected chi connectivity index (χ3v) is 2.70. The van der Waals surface area contributed by atoms with Crippen molar-refractivity contribution in [1.29, 1.82) is 5.16 Å². The highest BCUT2D eigenvalue weighted by atomic mass is 31.7. The zero-order valence-electron chi connectivity index (χ0n) is 3.39. The molecule has 0 saturated carbocycles. The van der Waals surface area contributed by atoms with Gasteiger partial charge in [0.25, 0.3) is 0 Å². The lowest BCUT2D eigenvalue weighted by Gasteiger charge is -1.59. The number of nitrogens with one attached hydrogen (secondary N) is 1. The van der Waals surface area contributed by atoms with E-state index in [9.17, 15) is 0 Å². The summed E-state index contributed by atoms with van der Waals surface area (Å²) in [5, 5.41) is 6.88. The van der Waals surface area contributed by atoms with Crippen molar-refractivity contribution < 1.29 is 0 Å². The van der Waals surface area contributed by atoms with E-state index in [4.69, 9.17) is 5.16 Å². The van der Waals surface area contributed by atoms with Crippen LogP contribution in [0.3, 0.4) is 0 Å². The summed E-state index contributed by atoms with van der Waals surface area (Å²) in [6.45, 7) is 3.95. The highest BCUT2D eigenvalue weighted by molar-refractivity contribution is 7.87. The van der Waals surface area contributed by atoms with E-state index in [-0.39, 0.29) is 7.00 Å². The molecule has 0 aliphatic heterocycles. The van der Waals surface area contributed by atoms with E-state index in [0.29, 0.717) is 0 Å². The van der Waals surface area contributed by atoms with Gasteiger partial charge in [0.15, 0.2) is 0 Å². The Bertz CT molecular complexity index is 79.6. The summed E-state index contributed by atoms with van der Waals surface area (Å²) in [4.78, 5) is 0. The molecular weight excluding hydrogens is 100.0 g/mol. The molecule has 0 saturated heterocycles. The predicted octanol–water partition coefficient (Wildman–Crippen LogP) is 2.35. The van der Waals surface area contributed by atoms with Crippen LogP contribution in [0.2, 0.25) is 0 Å². The van der Waals surface area contributed by atoms with Crippen molar-refractivity contribution in [2.45, 2.75) is 0 Å². The minimum absolute atomic E-state index is 0.376. The first-order valence-electron chi connectivity index (χ1n) is 1.32. The van der Waals surface area contributed by atoms with E-state index in [1.165, 1.54) is 7.87 Å². The molecule has 0 aromatic heterocycles. The molecule has 0 fully saturated rings. The summed E-state index contributed by atoms with van der Waals surface area (Å²) < 4.78 is 0. The monoisotopic (exact) mass is 107 g/mol. The van der Waals surface area contributed by atoms with E-state index in [1.807, 2.05) is 13.3 Å². The van der Waals surface area contributed by atoms with Crippen LogP contribution in [0.5, 0.6) is 0 Å². The Labute approximate surface area is 34.3 Å². The van der Waals surface area contributed by atoms with Gasteiger partial charge >= 0.3 is 0 Å². The van der Waals surface area contributed by atoms with Crippen LogP contribution in [0.4, 0.5) is 0 Å². The van der Waals surface area contributed by atoms with Gasteiger partial charge in [0, 0.05) is 0 Å². The highest BCUT2D eigenvalue weighted by Gasteiger charge is 1.49. The Morgan fingerprint density at radius 2 is 2.00 bits per heavy atom. The van der Waals surface area contributed by atoms with Crippen molar-refractivity contribution in [1.82, 2.24) is 0 Å². The van der Waals surface area contributed by atoms with Crippen LogP contribution in [0, 0.1) is 5.16 Å². The van der Waals surface area contributed by atoms with Gasteiger partial charge in [-0.1, -0.05) is 7.87 Å². The average Bonchev–Trinajstić information content (AvgIpc) is 1.38. The Morgan fingerprint density at radius 1 is 1.80 bits per heavy atom. The molecule has 1 atom stereocenters. The summed E-state index contributed by atoms with van der Waals surface area (Å²) in [6, 6.07) is 0. The molecule has 0 spiro atoms. The van der Waals surface area contributed by atoms with E-state index >= 15 is 0 Å². The molecule has 0 aliphatic rings. The summed E-state index contributed by atoms with van der Waals surface area (Å²) >= 11 is 0. The van der Waals surface area contributed by atoms with Gasteiger partial charge in [-0.3, -0.25) is 5.16 Å². The van der Waals surface area contributed by atoms with Gasteiger partial charge in [0.05, 0.1) is 0 Å². The normalized spacial score (nSPS) is 12.0. The molecule has 0 aliphatic carbocycles. The fourth-order valence-corrected chi connectivity index (χ4v) is 0. The van der Waals surface area contributed by atoms with Gasteiger partial charge in [0.1, 0.15) is 0 Å². The van der Waals surface area contributed by atoms with Gasteiger partial charge in [-0.05, 0) is 20.3 Å². The Kier molecular flexibility index (Phi) is 2.84. The first kappa shape index (κ1) is 5.40. The lowest BCUT2D eigenvalue weighted by molar-refractivity contribution is 1.64. The lowest BCUT2D eigenvalue weighted by Crippen LogP contribution is -1.14. The van der Waals surface area contributed by atoms with Crippen molar-refractivity contribution in [3.05, 3.63) is 0 Å². The number of hydrogen-bond donors (Lipinski definition) is 1. The van der Waals surface area contributed by atoms with Crippen LogP contribution in [-0.2, 0) is 0 Å². The van der Waals surface area contributed by atoms with Crippen molar-refractivity contribution in [3.8, 4) is 0 Å². The molecular formula is C2H7NP2. The first-order valence-corrected chi connectivity index (χ1v) is 5.15. The smallest absolute Gasteiger partial charge is 0.00608 e. The highest BCUT2D eigenvalue weighted by Crippen LogP contribution is 2.13. The maximum absolute atomic E-state index is 6.88. The quantitative estimate of drug-likeness (QED) is 0.459. The van der Waals surface area contributed by atoms with E-state index in [0.717, 1.165) is 0 Å². The Hall–Kier alpha value is 0.400. The van der Waals surface area contributed by atoms with Crippen molar-refractivity contribution in [3.63, 3.8) is 0 Å². The predicted molar refractivity (Wildman–Crippen MR) is 28.4 cm³/mol. The standard InChI is InChI=1S/C2H7NP2/c1-4-5(2)3/h3H,1-2H3. The minimum Gasteiger partial charge on any atom is -0.285 e. The molecule has 0 rings (SSSR count). The molecule has 1 nitrogen and oxygen atoms in total. The fourth-order valence-electron chi connectivity index (χ4n) is 0. The molecule has 0 amide bonds. The summed E-state index contributed by atoms with van der Waals surface area (Å²) in [5.41, 5.74) is 0. The molecule has 1 unspecified atom stereocenters. The van der Waals surface area contributed by atoms with Crippen molar-refractivity contribution >= 4 is 14.9 Å². The number of hydrogen-bond acceptors (Lipinski definition) is 1. The van der Waals surface area contributed by atoms with Crippen LogP contribution in [0.15, 0.2) is 0 Å². The second-order valence-electron chi connectivity index (χ2n) is 0.724. The molecule has 0 aromatic rings. The topological polar surface area (TPSA) is 23.9 Å². The third kappa shape index (κ3) is 4.40. The van der Waals surface area contributed by atoms with Crippen LogP contribution in [0.25, 0.3) is 0 Å². The molecule has 0 aromatic carbocycles. The van der Waals surface area contributed by atoms with Gasteiger partial charge in [0.2, 0.25) is 0 Å². The Balaban J connectivity index is 3.62. The molecule has 0 bridgehead atoms. The van der Waals surface area contributed by atoms with Gasteiger partial charge in [-0.25, -0.2) is 0 Å². The van der Waals surface area contributed by atoms with Crippen molar-refractivity contribution in [2.75, 3.05) is 13.3 Å². The van der Waals surface area contributed by atoms with Crippen LogP contribution in [0.1, 0.15) is 0 Å². The summed E-state index contributed by atoms with van der Waals surface area (Å²) in [5.74, 6) is 0. The molecule has 0 radical (unpaired) electrons. The third-order valence-electron chi connectivity index (χ3n) is 0.300. The van der Waals surface area contributed by atoms with Gasteiger partial charge < -0.3 is 0 Å². The second kappa shape index (κ2) is 2.63. The summed E-state index contributed by atoms with van der Waals surface area (Å²) in [6.07, 6.45) is 0. The SMILES string of the molecule is CP=P(C)=N. The van der Waals surface area contributed by atoms with Crippen LogP contribution in [-0.4, -0.2) is 13.3 Å². The van der Waals surface area contributed by atoms with Crippen LogP contribution >= 0.6 is 14.9 Å². The molecule has 1 N–H and O–H groups in total. The molecule has 0 heterocycles. The lowest BCUT2D eigenvalue weighted by atomic mass is 12.0. The van der Waals surface area contributed by atoms with Crippen LogP contribution < -0.4 is 0 Å². The largest absolute Gasteiger partial charge is 0.285 e. The van der Waals surface area contributed by atoms with E-state index in [1.54, 1.807) is 0 Å². The average molecular weight is 107 g/mol. The molecule has 5 heavy (non-hydrogen) atoms. The van der Waals surface area contributed by atoms with Crippen molar-refractivity contribution in [2.24, 2.45) is 0 Å². The van der Waals surface area contributed by atoms with E-state index < -0.39 is 0 Å². The zero-order valence-corrected chi connectivity index (χ0v) is 5.18. The van der Waals surface area contributed by atoms with E-state index in [2.05, 4.69) is 0 Å². The Morgan fingerprint density at radius 3 is 2.00 bits per heavy atom.